The highest BCUT2D eigenvalue weighted by Gasteiger charge is 2.12. The molecule has 0 amide bonds. The van der Waals surface area contributed by atoms with E-state index >= 15 is 0 Å². The minimum atomic E-state index is 0.896. The number of fused-ring (bicyclic) bond motifs is 2. The van der Waals surface area contributed by atoms with Gasteiger partial charge in [-0.25, -0.2) is 0 Å². The van der Waals surface area contributed by atoms with Gasteiger partial charge in [0.1, 0.15) is 0 Å². The van der Waals surface area contributed by atoms with Crippen LogP contribution in [0.15, 0.2) is 75.6 Å². The van der Waals surface area contributed by atoms with E-state index in [-0.39, 0.29) is 0 Å². The van der Waals surface area contributed by atoms with E-state index in [0.717, 1.165) is 31.6 Å². The normalized spacial score (nSPS) is 11.2. The van der Waals surface area contributed by atoms with Crippen LogP contribution in [0.4, 0.5) is 0 Å². The average molecular weight is 381 g/mol. The maximum absolute atomic E-state index is 5.76. The van der Waals surface area contributed by atoms with Crippen LogP contribution >= 0.6 is 35.7 Å². The van der Waals surface area contributed by atoms with Crippen molar-refractivity contribution in [3.8, 4) is 0 Å². The predicted octanol–water partition coefficient (Wildman–Crippen LogP) is 6.71. The monoisotopic (exact) mass is 380 g/mol. The lowest BCUT2D eigenvalue weighted by atomic mass is 10.2. The van der Waals surface area contributed by atoms with Crippen LogP contribution in [0.3, 0.4) is 0 Å². The molecule has 4 rings (SSSR count). The van der Waals surface area contributed by atoms with Gasteiger partial charge in [0, 0.05) is 43.4 Å². The Morgan fingerprint density at radius 2 is 1.76 bits per heavy atom. The summed E-state index contributed by atoms with van der Waals surface area (Å²) in [5.74, 6) is 1.01. The molecule has 0 unspecified atom stereocenters. The van der Waals surface area contributed by atoms with E-state index < -0.39 is 0 Å². The molecular formula is C20H16N2S3. The fourth-order valence-electron chi connectivity index (χ4n) is 2.80. The Balaban J connectivity index is 1.89. The van der Waals surface area contributed by atoms with E-state index in [4.69, 9.17) is 12.2 Å². The maximum Gasteiger partial charge on any atom is 0.0714 e. The number of pyridine rings is 2. The van der Waals surface area contributed by atoms with Crippen LogP contribution in [0, 0.1) is 4.51 Å². The largest absolute Gasteiger partial charge is 0.360 e. The molecule has 0 bridgehead atoms. The molecule has 25 heavy (non-hydrogen) atoms. The molecule has 0 aliphatic rings. The fraction of sp³-hybridized carbons (Fsp3) is 0.100. The molecule has 2 aromatic heterocycles. The van der Waals surface area contributed by atoms with Crippen molar-refractivity contribution in [2.45, 2.75) is 21.6 Å². The lowest BCUT2D eigenvalue weighted by molar-refractivity contribution is 1.19. The molecule has 0 aliphatic carbocycles. The molecule has 0 saturated heterocycles. The summed E-state index contributed by atoms with van der Waals surface area (Å²) >= 11 is 9.31. The standard InChI is InChI=1S/C20H16N2S3/c1-2-24-18-12-22-16-10-6-4-8-14(16)20(18)25-17-11-21-15-9-5-3-7-13(15)19(17)23/h3-12H,2H2,1H3,(H,21,23). The first-order valence-electron chi connectivity index (χ1n) is 8.06. The third-order valence-corrected chi connectivity index (χ3v) is 6.75. The van der Waals surface area contributed by atoms with Crippen molar-refractivity contribution in [2.24, 2.45) is 0 Å². The van der Waals surface area contributed by atoms with E-state index in [2.05, 4.69) is 47.2 Å². The molecule has 0 atom stereocenters. The lowest BCUT2D eigenvalue weighted by Gasteiger charge is -2.12. The van der Waals surface area contributed by atoms with Gasteiger partial charge in [-0.3, -0.25) is 4.98 Å². The second-order valence-corrected chi connectivity index (χ2v) is 8.30. The number of thioether (sulfide) groups is 1. The molecule has 0 radical (unpaired) electrons. The van der Waals surface area contributed by atoms with Gasteiger partial charge < -0.3 is 4.98 Å². The predicted molar refractivity (Wildman–Crippen MR) is 111 cm³/mol. The number of aromatic amines is 1. The Morgan fingerprint density at radius 1 is 1.00 bits per heavy atom. The van der Waals surface area contributed by atoms with Crippen LogP contribution in [-0.4, -0.2) is 15.7 Å². The van der Waals surface area contributed by atoms with Gasteiger partial charge in [-0.1, -0.05) is 67.3 Å². The van der Waals surface area contributed by atoms with Gasteiger partial charge in [-0.2, -0.15) is 0 Å². The number of nitrogens with one attached hydrogen (secondary N) is 1. The van der Waals surface area contributed by atoms with Crippen molar-refractivity contribution in [1.29, 1.82) is 0 Å². The molecule has 0 aliphatic heterocycles. The Bertz CT molecular complexity index is 1120. The van der Waals surface area contributed by atoms with Gasteiger partial charge in [0.15, 0.2) is 0 Å². The van der Waals surface area contributed by atoms with Gasteiger partial charge in [0.2, 0.25) is 0 Å². The number of aromatic nitrogens is 2. The first kappa shape index (κ1) is 16.6. The van der Waals surface area contributed by atoms with Crippen molar-refractivity contribution < 1.29 is 0 Å². The van der Waals surface area contributed by atoms with E-state index in [1.165, 1.54) is 15.2 Å². The highest BCUT2D eigenvalue weighted by molar-refractivity contribution is 8.02. The van der Waals surface area contributed by atoms with Crippen molar-refractivity contribution in [1.82, 2.24) is 9.97 Å². The Morgan fingerprint density at radius 3 is 2.60 bits per heavy atom. The van der Waals surface area contributed by atoms with E-state index in [9.17, 15) is 0 Å². The van der Waals surface area contributed by atoms with E-state index in [0.29, 0.717) is 0 Å². The summed E-state index contributed by atoms with van der Waals surface area (Å²) in [6.07, 6.45) is 4.00. The Kier molecular flexibility index (Phi) is 4.79. The van der Waals surface area contributed by atoms with Crippen LogP contribution in [0.25, 0.3) is 21.8 Å². The number of benzene rings is 2. The molecule has 0 saturated carbocycles. The molecule has 2 nitrogen and oxygen atoms in total. The summed E-state index contributed by atoms with van der Waals surface area (Å²) in [5, 5.41) is 2.26. The Hall–Kier alpha value is -1.82. The van der Waals surface area contributed by atoms with Gasteiger partial charge >= 0.3 is 0 Å². The summed E-state index contributed by atoms with van der Waals surface area (Å²) < 4.78 is 0.896. The SMILES string of the molecule is CCSc1cnc2ccccc2c1Sc1c[nH]c2ccccc2c1=S. The van der Waals surface area contributed by atoms with E-state index in [1.54, 1.807) is 11.8 Å². The number of hydrogen-bond donors (Lipinski definition) is 1. The smallest absolute Gasteiger partial charge is 0.0714 e. The molecule has 2 heterocycles. The quantitative estimate of drug-likeness (QED) is 0.315. The molecular weight excluding hydrogens is 364 g/mol. The van der Waals surface area contributed by atoms with Crippen LogP contribution < -0.4 is 0 Å². The zero-order valence-electron chi connectivity index (χ0n) is 13.7. The average Bonchev–Trinajstić information content (AvgIpc) is 2.66. The number of H-pyrrole nitrogens is 1. The van der Waals surface area contributed by atoms with Crippen molar-refractivity contribution in [3.63, 3.8) is 0 Å². The molecule has 124 valence electrons. The van der Waals surface area contributed by atoms with Crippen molar-refractivity contribution in [3.05, 3.63) is 65.4 Å². The maximum atomic E-state index is 5.76. The summed E-state index contributed by atoms with van der Waals surface area (Å²) in [4.78, 5) is 11.5. The fourth-order valence-corrected chi connectivity index (χ4v) is 5.11. The van der Waals surface area contributed by atoms with Crippen LogP contribution in [0.5, 0.6) is 0 Å². The first-order valence-corrected chi connectivity index (χ1v) is 10.3. The molecule has 2 aromatic carbocycles. The molecule has 4 aromatic rings. The lowest BCUT2D eigenvalue weighted by Crippen LogP contribution is -1.89. The molecule has 1 N–H and O–H groups in total. The molecule has 0 fully saturated rings. The van der Waals surface area contributed by atoms with E-state index in [1.807, 2.05) is 42.4 Å². The zero-order valence-corrected chi connectivity index (χ0v) is 16.1. The summed E-state index contributed by atoms with van der Waals surface area (Å²) in [7, 11) is 0. The third-order valence-electron chi connectivity index (χ3n) is 3.96. The number of nitrogens with zero attached hydrogens (tertiary/aromatic N) is 1. The zero-order chi connectivity index (χ0) is 17.2. The summed E-state index contributed by atoms with van der Waals surface area (Å²) in [6, 6.07) is 16.5. The highest BCUT2D eigenvalue weighted by Crippen LogP contribution is 2.40. The van der Waals surface area contributed by atoms with Crippen LogP contribution in [0.2, 0.25) is 0 Å². The van der Waals surface area contributed by atoms with Gasteiger partial charge in [-0.05, 0) is 17.9 Å². The molecule has 5 heteroatoms. The number of rotatable bonds is 4. The third kappa shape index (κ3) is 3.19. The number of hydrogen-bond acceptors (Lipinski definition) is 4. The molecule has 0 spiro atoms. The highest BCUT2D eigenvalue weighted by atomic mass is 32.2. The van der Waals surface area contributed by atoms with Crippen molar-refractivity contribution in [2.75, 3.05) is 5.75 Å². The minimum absolute atomic E-state index is 0.896. The first-order chi connectivity index (χ1) is 12.3. The van der Waals surface area contributed by atoms with Gasteiger partial charge in [0.05, 0.1) is 10.0 Å². The van der Waals surface area contributed by atoms with Gasteiger partial charge in [0.25, 0.3) is 0 Å². The van der Waals surface area contributed by atoms with Gasteiger partial charge in [-0.15, -0.1) is 11.8 Å². The summed E-state index contributed by atoms with van der Waals surface area (Å²) in [5.41, 5.74) is 2.08. The second-order valence-electron chi connectivity index (χ2n) is 5.53. The Labute approximate surface area is 160 Å². The van der Waals surface area contributed by atoms with Crippen LogP contribution in [0.1, 0.15) is 6.92 Å². The van der Waals surface area contributed by atoms with Crippen LogP contribution in [-0.2, 0) is 0 Å². The second kappa shape index (κ2) is 7.20. The minimum Gasteiger partial charge on any atom is -0.360 e. The number of para-hydroxylation sites is 2. The van der Waals surface area contributed by atoms with Crippen molar-refractivity contribution >= 4 is 57.5 Å². The topological polar surface area (TPSA) is 28.7 Å². The summed E-state index contributed by atoms with van der Waals surface area (Å²) in [6.45, 7) is 2.16.